The minimum Gasteiger partial charge on any atom is -0.399 e. The molecule has 0 radical (unpaired) electrons. The zero-order chi connectivity index (χ0) is 20.8. The van der Waals surface area contributed by atoms with Crippen molar-refractivity contribution in [1.29, 1.82) is 0 Å². The van der Waals surface area contributed by atoms with Crippen LogP contribution in [0.2, 0.25) is 0 Å². The lowest BCUT2D eigenvalue weighted by atomic mass is 9.94. The summed E-state index contributed by atoms with van der Waals surface area (Å²) in [7, 11) is 0. The Hall–Kier alpha value is -3.15. The van der Waals surface area contributed by atoms with Crippen LogP contribution in [-0.4, -0.2) is 40.1 Å². The minimum atomic E-state index is -0.256. The summed E-state index contributed by atoms with van der Waals surface area (Å²) in [6.45, 7) is 1.12. The molecule has 0 unspecified atom stereocenters. The molecule has 1 aliphatic carbocycles. The van der Waals surface area contributed by atoms with Gasteiger partial charge in [0.2, 0.25) is 0 Å². The topological polar surface area (TPSA) is 83.7 Å². The quantitative estimate of drug-likeness (QED) is 0.615. The number of nitrogens with two attached hydrogens (primary N) is 1. The number of hydrogen-bond acceptors (Lipinski definition) is 4. The van der Waals surface area contributed by atoms with Crippen LogP contribution in [0.5, 0.6) is 0 Å². The van der Waals surface area contributed by atoms with E-state index < -0.39 is 0 Å². The van der Waals surface area contributed by atoms with E-state index >= 15 is 0 Å². The van der Waals surface area contributed by atoms with E-state index in [0.29, 0.717) is 35.5 Å². The van der Waals surface area contributed by atoms with Gasteiger partial charge in [0, 0.05) is 30.4 Å². The molecular weight excluding hydrogens is 378 g/mol. The van der Waals surface area contributed by atoms with E-state index in [0.717, 1.165) is 44.1 Å². The van der Waals surface area contributed by atoms with Gasteiger partial charge in [0.25, 0.3) is 17.7 Å². The maximum Gasteiger partial charge on any atom is 0.261 e. The van der Waals surface area contributed by atoms with Gasteiger partial charge in [0.15, 0.2) is 0 Å². The first-order chi connectivity index (χ1) is 14.5. The summed E-state index contributed by atoms with van der Waals surface area (Å²) >= 11 is 0. The van der Waals surface area contributed by atoms with Crippen molar-refractivity contribution in [3.8, 4) is 0 Å². The fraction of sp³-hybridized carbons (Fsp3) is 0.375. The summed E-state index contributed by atoms with van der Waals surface area (Å²) in [5.41, 5.74) is 10.1. The molecule has 2 aliphatic heterocycles. The van der Waals surface area contributed by atoms with Gasteiger partial charge in [-0.05, 0) is 60.7 Å². The van der Waals surface area contributed by atoms with E-state index in [4.69, 9.17) is 5.73 Å². The van der Waals surface area contributed by atoms with Crippen LogP contribution < -0.4 is 5.73 Å². The van der Waals surface area contributed by atoms with E-state index in [1.165, 1.54) is 10.5 Å². The molecule has 0 bridgehead atoms. The Morgan fingerprint density at radius 3 is 2.47 bits per heavy atom. The highest BCUT2D eigenvalue weighted by molar-refractivity contribution is 6.22. The molecule has 2 heterocycles. The van der Waals surface area contributed by atoms with Gasteiger partial charge in [-0.25, -0.2) is 0 Å². The monoisotopic (exact) mass is 403 g/mol. The molecule has 6 heteroatoms. The van der Waals surface area contributed by atoms with Gasteiger partial charge in [0.1, 0.15) is 0 Å². The lowest BCUT2D eigenvalue weighted by Gasteiger charge is -2.29. The highest BCUT2D eigenvalue weighted by Gasteiger charge is 2.40. The van der Waals surface area contributed by atoms with Crippen molar-refractivity contribution in [1.82, 2.24) is 9.80 Å². The average Bonchev–Trinajstić information content (AvgIpc) is 3.02. The number of rotatable bonds is 2. The van der Waals surface area contributed by atoms with Crippen molar-refractivity contribution in [3.05, 3.63) is 64.2 Å². The van der Waals surface area contributed by atoms with E-state index in [-0.39, 0.29) is 23.8 Å². The summed E-state index contributed by atoms with van der Waals surface area (Å²) < 4.78 is 0. The smallest absolute Gasteiger partial charge is 0.261 e. The third kappa shape index (κ3) is 3.07. The Kier molecular flexibility index (Phi) is 4.57. The molecule has 5 rings (SSSR count). The average molecular weight is 403 g/mol. The molecule has 0 spiro atoms. The third-order valence-corrected chi connectivity index (χ3v) is 6.63. The molecule has 154 valence electrons. The predicted octanol–water partition coefficient (Wildman–Crippen LogP) is 3.40. The molecular formula is C24H25N3O3. The predicted molar refractivity (Wildman–Crippen MR) is 113 cm³/mol. The van der Waals surface area contributed by atoms with E-state index in [9.17, 15) is 14.4 Å². The minimum absolute atomic E-state index is 0.0191. The lowest BCUT2D eigenvalue weighted by Crippen LogP contribution is -2.40. The van der Waals surface area contributed by atoms with Gasteiger partial charge >= 0.3 is 0 Å². The molecule has 3 aliphatic rings. The summed E-state index contributed by atoms with van der Waals surface area (Å²) in [6, 6.07) is 10.7. The first kappa shape index (κ1) is 18.9. The SMILES string of the molecule is Nc1ccc2c(c1)CN(C(=O)c1ccc3c(c1)C(=O)N(C1CCCCC1)C3=O)CC2. The number of carbonyl (C=O) groups excluding carboxylic acids is 3. The van der Waals surface area contributed by atoms with Crippen LogP contribution in [0, 0.1) is 0 Å². The van der Waals surface area contributed by atoms with Gasteiger partial charge in [-0.3, -0.25) is 19.3 Å². The maximum absolute atomic E-state index is 13.2. The third-order valence-electron chi connectivity index (χ3n) is 6.63. The Labute approximate surface area is 175 Å². The van der Waals surface area contributed by atoms with Crippen LogP contribution >= 0.6 is 0 Å². The zero-order valence-electron chi connectivity index (χ0n) is 16.9. The Morgan fingerprint density at radius 1 is 0.900 bits per heavy atom. The maximum atomic E-state index is 13.2. The van der Waals surface area contributed by atoms with Crippen LogP contribution in [-0.2, 0) is 13.0 Å². The van der Waals surface area contributed by atoms with Crippen LogP contribution in [0.1, 0.15) is 74.3 Å². The highest BCUT2D eigenvalue weighted by atomic mass is 16.2. The number of amides is 3. The fourth-order valence-electron chi connectivity index (χ4n) is 5.00. The Bertz CT molecular complexity index is 1060. The van der Waals surface area contributed by atoms with Crippen molar-refractivity contribution in [2.45, 2.75) is 51.1 Å². The van der Waals surface area contributed by atoms with Crippen molar-refractivity contribution in [3.63, 3.8) is 0 Å². The first-order valence-electron chi connectivity index (χ1n) is 10.7. The highest BCUT2D eigenvalue weighted by Crippen LogP contribution is 2.32. The van der Waals surface area contributed by atoms with Crippen molar-refractivity contribution >= 4 is 23.4 Å². The molecule has 0 saturated heterocycles. The molecule has 2 aromatic carbocycles. The number of carbonyl (C=O) groups is 3. The number of anilines is 1. The molecule has 1 fully saturated rings. The standard InChI is InChI=1S/C24H25N3O3/c25-18-8-6-15-10-11-26(14-17(15)12-18)22(28)16-7-9-20-21(13-16)24(30)27(23(20)29)19-4-2-1-3-5-19/h6-9,12-13,19H,1-5,10-11,14,25H2. The van der Waals surface area contributed by atoms with Crippen LogP contribution in [0.3, 0.4) is 0 Å². The van der Waals surface area contributed by atoms with E-state index in [1.54, 1.807) is 23.1 Å². The molecule has 30 heavy (non-hydrogen) atoms. The number of nitrogen functional groups attached to an aromatic ring is 1. The summed E-state index contributed by atoms with van der Waals surface area (Å²) in [4.78, 5) is 42.2. The number of fused-ring (bicyclic) bond motifs is 2. The van der Waals surface area contributed by atoms with Gasteiger partial charge in [-0.15, -0.1) is 0 Å². The van der Waals surface area contributed by atoms with Gasteiger partial charge in [0.05, 0.1) is 11.1 Å². The summed E-state index contributed by atoms with van der Waals surface area (Å²) in [5.74, 6) is -0.598. The molecule has 2 N–H and O–H groups in total. The number of imide groups is 1. The van der Waals surface area contributed by atoms with E-state index in [1.807, 2.05) is 18.2 Å². The second-order valence-electron chi connectivity index (χ2n) is 8.54. The fourth-order valence-corrected chi connectivity index (χ4v) is 5.00. The molecule has 0 atom stereocenters. The molecule has 6 nitrogen and oxygen atoms in total. The largest absolute Gasteiger partial charge is 0.399 e. The Balaban J connectivity index is 1.39. The van der Waals surface area contributed by atoms with Gasteiger partial charge in [-0.1, -0.05) is 25.3 Å². The van der Waals surface area contributed by atoms with Crippen LogP contribution in [0.25, 0.3) is 0 Å². The summed E-state index contributed by atoms with van der Waals surface area (Å²) in [5, 5.41) is 0. The second kappa shape index (κ2) is 7.27. The zero-order valence-corrected chi connectivity index (χ0v) is 16.9. The molecule has 1 saturated carbocycles. The second-order valence-corrected chi connectivity index (χ2v) is 8.54. The number of hydrogen-bond donors (Lipinski definition) is 1. The summed E-state index contributed by atoms with van der Waals surface area (Å²) in [6.07, 6.45) is 5.76. The van der Waals surface area contributed by atoms with E-state index in [2.05, 4.69) is 0 Å². The Morgan fingerprint density at radius 2 is 1.67 bits per heavy atom. The van der Waals surface area contributed by atoms with Gasteiger partial charge < -0.3 is 10.6 Å². The lowest BCUT2D eigenvalue weighted by molar-refractivity contribution is 0.0548. The first-order valence-corrected chi connectivity index (χ1v) is 10.7. The van der Waals surface area contributed by atoms with Crippen molar-refractivity contribution < 1.29 is 14.4 Å². The van der Waals surface area contributed by atoms with Gasteiger partial charge in [-0.2, -0.15) is 0 Å². The normalized spacial score (nSPS) is 19.1. The molecule has 0 aromatic heterocycles. The van der Waals surface area contributed by atoms with Crippen LogP contribution in [0.4, 0.5) is 5.69 Å². The van der Waals surface area contributed by atoms with Crippen molar-refractivity contribution in [2.75, 3.05) is 12.3 Å². The molecule has 3 amide bonds. The number of benzene rings is 2. The molecule has 2 aromatic rings. The van der Waals surface area contributed by atoms with Crippen LogP contribution in [0.15, 0.2) is 36.4 Å². The number of nitrogens with zero attached hydrogens (tertiary/aromatic N) is 2. The van der Waals surface area contributed by atoms with Crippen molar-refractivity contribution in [2.24, 2.45) is 0 Å².